The highest BCUT2D eigenvalue weighted by atomic mass is 16.5. The molecule has 0 N–H and O–H groups in total. The highest BCUT2D eigenvalue weighted by molar-refractivity contribution is 6.17. The van der Waals surface area contributed by atoms with Crippen molar-refractivity contribution in [3.63, 3.8) is 0 Å². The number of benzene rings is 2. The number of para-hydroxylation sites is 1. The Morgan fingerprint density at radius 3 is 2.23 bits per heavy atom. The number of esters is 1. The number of pyridine rings is 1. The second-order valence-corrected chi connectivity index (χ2v) is 6.64. The zero-order valence-corrected chi connectivity index (χ0v) is 16.8. The second kappa shape index (κ2) is 9.17. The van der Waals surface area contributed by atoms with E-state index >= 15 is 0 Å². The fourth-order valence-electron chi connectivity index (χ4n) is 2.91. The van der Waals surface area contributed by atoms with Crippen molar-refractivity contribution in [1.82, 2.24) is 4.98 Å². The highest BCUT2D eigenvalue weighted by Crippen LogP contribution is 2.25. The number of nitrogens with zero attached hydrogens (tertiary/aromatic N) is 1. The fourth-order valence-corrected chi connectivity index (χ4v) is 2.91. The molecule has 0 aliphatic heterocycles. The summed E-state index contributed by atoms with van der Waals surface area (Å²) in [4.78, 5) is 40.2. The molecule has 0 saturated carbocycles. The predicted octanol–water partition coefficient (Wildman–Crippen LogP) is 3.74. The molecule has 0 radical (unpaired) electrons. The minimum absolute atomic E-state index is 0.391. The van der Waals surface area contributed by atoms with E-state index in [9.17, 15) is 14.4 Å². The van der Waals surface area contributed by atoms with E-state index in [0.717, 1.165) is 18.0 Å². The number of hydrogen-bond acceptors (Lipinski definition) is 7. The number of aromatic nitrogens is 1. The first-order valence-corrected chi connectivity index (χ1v) is 9.31. The Bertz CT molecular complexity index is 1080. The topological polar surface area (TPSA) is 91.8 Å². The van der Waals surface area contributed by atoms with Gasteiger partial charge in [-0.25, -0.2) is 4.98 Å². The lowest BCUT2D eigenvalue weighted by atomic mass is 9.96. The third-order valence-corrected chi connectivity index (χ3v) is 4.46. The van der Waals surface area contributed by atoms with Crippen molar-refractivity contribution in [3.8, 4) is 17.4 Å². The summed E-state index contributed by atoms with van der Waals surface area (Å²) in [6, 6.07) is 18.0. The van der Waals surface area contributed by atoms with Crippen LogP contribution >= 0.6 is 0 Å². The number of methoxy groups -OCH3 is 1. The maximum absolute atomic E-state index is 12.4. The Kier molecular flexibility index (Phi) is 6.41. The molecule has 7 heteroatoms. The summed E-state index contributed by atoms with van der Waals surface area (Å²) < 4.78 is 15.9. The van der Waals surface area contributed by atoms with Crippen molar-refractivity contribution in [2.75, 3.05) is 7.11 Å². The predicted molar refractivity (Wildman–Crippen MR) is 110 cm³/mol. The lowest BCUT2D eigenvalue weighted by Crippen LogP contribution is -2.39. The molecule has 1 heterocycles. The Morgan fingerprint density at radius 2 is 1.57 bits per heavy atom. The molecule has 2 unspecified atom stereocenters. The number of Topliss-reactive ketones (excluding diaryl/α,β-unsaturated/α-hetero) is 2. The third kappa shape index (κ3) is 4.81. The minimum atomic E-state index is -1.49. The van der Waals surface area contributed by atoms with Gasteiger partial charge in [-0.1, -0.05) is 18.2 Å². The van der Waals surface area contributed by atoms with E-state index in [1.165, 1.54) is 13.8 Å². The summed E-state index contributed by atoms with van der Waals surface area (Å²) in [5, 5.41) is 1.02. The van der Waals surface area contributed by atoms with Crippen LogP contribution in [0.4, 0.5) is 0 Å². The molecular weight excluding hydrogens is 386 g/mol. The summed E-state index contributed by atoms with van der Waals surface area (Å²) in [5.41, 5.74) is 0.827. The molecule has 0 fully saturated rings. The standard InChI is InChI=1S/C23H21NO6/c1-14(25)21(23(27)28-3)22(26)15(2)29-17-9-11-18(12-10-17)30-20-13-8-16-6-4-5-7-19(16)24-20/h4-13,15,21H,1-3H3. The number of carbonyl (C=O) groups is 3. The van der Waals surface area contributed by atoms with Crippen LogP contribution in [0.15, 0.2) is 60.7 Å². The van der Waals surface area contributed by atoms with Gasteiger partial charge in [0.1, 0.15) is 11.5 Å². The Labute approximate surface area is 173 Å². The molecule has 30 heavy (non-hydrogen) atoms. The molecule has 2 aromatic carbocycles. The summed E-state index contributed by atoms with van der Waals surface area (Å²) >= 11 is 0. The van der Waals surface area contributed by atoms with Crippen molar-refractivity contribution >= 4 is 28.4 Å². The van der Waals surface area contributed by atoms with Crippen LogP contribution in [0.25, 0.3) is 10.9 Å². The van der Waals surface area contributed by atoms with E-state index < -0.39 is 29.6 Å². The fraction of sp³-hybridized carbons (Fsp3) is 0.217. The van der Waals surface area contributed by atoms with Crippen LogP contribution in [0.2, 0.25) is 0 Å². The van der Waals surface area contributed by atoms with Crippen LogP contribution in [0.5, 0.6) is 17.4 Å². The van der Waals surface area contributed by atoms with Gasteiger partial charge in [0.05, 0.1) is 12.6 Å². The van der Waals surface area contributed by atoms with Gasteiger partial charge >= 0.3 is 5.97 Å². The Morgan fingerprint density at radius 1 is 0.900 bits per heavy atom. The summed E-state index contributed by atoms with van der Waals surface area (Å²) in [6.45, 7) is 2.64. The normalized spacial score (nSPS) is 12.6. The second-order valence-electron chi connectivity index (χ2n) is 6.64. The van der Waals surface area contributed by atoms with Gasteiger partial charge < -0.3 is 14.2 Å². The minimum Gasteiger partial charge on any atom is -0.483 e. The Balaban J connectivity index is 1.66. The summed E-state index contributed by atoms with van der Waals surface area (Å²) in [5.74, 6) is -2.25. The largest absolute Gasteiger partial charge is 0.483 e. The summed E-state index contributed by atoms with van der Waals surface area (Å²) in [6.07, 6.45) is -1.01. The first-order valence-electron chi connectivity index (χ1n) is 9.31. The maximum atomic E-state index is 12.4. The number of fused-ring (bicyclic) bond motifs is 1. The molecule has 0 bridgehead atoms. The van der Waals surface area contributed by atoms with Crippen molar-refractivity contribution in [1.29, 1.82) is 0 Å². The van der Waals surface area contributed by atoms with Gasteiger partial charge in [-0.05, 0) is 50.2 Å². The number of ether oxygens (including phenoxy) is 3. The first kappa shape index (κ1) is 21.0. The lowest BCUT2D eigenvalue weighted by molar-refractivity contribution is -0.154. The molecule has 3 aromatic rings. The number of carbonyl (C=O) groups excluding carboxylic acids is 3. The van der Waals surface area contributed by atoms with Crippen LogP contribution in [-0.2, 0) is 19.1 Å². The van der Waals surface area contributed by atoms with Crippen LogP contribution in [0.1, 0.15) is 13.8 Å². The van der Waals surface area contributed by atoms with Gasteiger partial charge in [0.25, 0.3) is 0 Å². The molecule has 3 rings (SSSR count). The monoisotopic (exact) mass is 407 g/mol. The van der Waals surface area contributed by atoms with E-state index in [-0.39, 0.29) is 0 Å². The van der Waals surface area contributed by atoms with E-state index in [2.05, 4.69) is 9.72 Å². The van der Waals surface area contributed by atoms with Gasteiger partial charge in [-0.2, -0.15) is 0 Å². The van der Waals surface area contributed by atoms with Gasteiger partial charge in [0.2, 0.25) is 5.88 Å². The van der Waals surface area contributed by atoms with E-state index in [1.54, 1.807) is 30.3 Å². The molecule has 0 aliphatic rings. The van der Waals surface area contributed by atoms with Crippen molar-refractivity contribution in [2.24, 2.45) is 5.92 Å². The quantitative estimate of drug-likeness (QED) is 0.415. The molecule has 0 aliphatic carbocycles. The van der Waals surface area contributed by atoms with Crippen molar-refractivity contribution in [3.05, 3.63) is 60.7 Å². The van der Waals surface area contributed by atoms with Crippen LogP contribution in [0.3, 0.4) is 0 Å². The lowest BCUT2D eigenvalue weighted by Gasteiger charge is -2.17. The number of hydrogen-bond donors (Lipinski definition) is 0. The number of ketones is 2. The van der Waals surface area contributed by atoms with Crippen LogP contribution in [0, 0.1) is 5.92 Å². The maximum Gasteiger partial charge on any atom is 0.323 e. The van der Waals surface area contributed by atoms with E-state index in [0.29, 0.717) is 17.4 Å². The highest BCUT2D eigenvalue weighted by Gasteiger charge is 2.36. The zero-order chi connectivity index (χ0) is 21.7. The summed E-state index contributed by atoms with van der Waals surface area (Å²) in [7, 11) is 1.13. The smallest absolute Gasteiger partial charge is 0.323 e. The first-order chi connectivity index (χ1) is 14.4. The molecule has 2 atom stereocenters. The van der Waals surface area contributed by atoms with Crippen LogP contribution in [-0.4, -0.2) is 35.7 Å². The molecule has 0 amide bonds. The van der Waals surface area contributed by atoms with Gasteiger partial charge in [-0.15, -0.1) is 0 Å². The van der Waals surface area contributed by atoms with Crippen LogP contribution < -0.4 is 9.47 Å². The van der Waals surface area contributed by atoms with Gasteiger partial charge in [0, 0.05) is 11.5 Å². The molecule has 0 spiro atoms. The van der Waals surface area contributed by atoms with Gasteiger partial charge in [0.15, 0.2) is 23.6 Å². The SMILES string of the molecule is COC(=O)C(C(C)=O)C(=O)C(C)Oc1ccc(Oc2ccc3ccccc3n2)cc1. The zero-order valence-electron chi connectivity index (χ0n) is 16.8. The molecule has 154 valence electrons. The van der Waals surface area contributed by atoms with E-state index in [1.807, 2.05) is 30.3 Å². The number of rotatable bonds is 8. The molecule has 1 aromatic heterocycles. The van der Waals surface area contributed by atoms with E-state index in [4.69, 9.17) is 9.47 Å². The van der Waals surface area contributed by atoms with Gasteiger partial charge in [-0.3, -0.25) is 14.4 Å². The molecule has 7 nitrogen and oxygen atoms in total. The third-order valence-electron chi connectivity index (χ3n) is 4.46. The average molecular weight is 407 g/mol. The molecule has 0 saturated heterocycles. The van der Waals surface area contributed by atoms with Crippen molar-refractivity contribution < 1.29 is 28.6 Å². The van der Waals surface area contributed by atoms with Crippen molar-refractivity contribution in [2.45, 2.75) is 20.0 Å². The average Bonchev–Trinajstić information content (AvgIpc) is 2.74. The Hall–Kier alpha value is -3.74. The molecular formula is C23H21NO6.